The Hall–Kier alpha value is -6.34. The van der Waals surface area contributed by atoms with Crippen LogP contribution in [0.5, 0.6) is 0 Å². The van der Waals surface area contributed by atoms with E-state index in [2.05, 4.69) is 50.5 Å². The molecule has 0 bridgehead atoms. The average molecular weight is 976 g/mol. The lowest BCUT2D eigenvalue weighted by atomic mass is 9.71. The SMILES string of the molecule is CC(C)(O)Cn1cc(-c2nc(Nc3ccc(SNCCOCc4cn(CCN5CCC6(CC5)CN(c5cccc7c5C(=O)N(C5CCC(=O)NC5=O)C7=O)C6)nn4)cc3F)ncc2C(F)(F)F)cn1. The minimum atomic E-state index is -4.77. The number of carbonyl (C=O) groups is 4. The number of piperidine rings is 2. The number of nitrogens with zero attached hydrogens (tertiary/aromatic N) is 10. The molecule has 3 saturated heterocycles. The molecular weight excluding hydrogens is 927 g/mol. The number of anilines is 3. The zero-order valence-corrected chi connectivity index (χ0v) is 38.4. The van der Waals surface area contributed by atoms with Gasteiger partial charge in [-0.25, -0.2) is 14.4 Å². The Morgan fingerprint density at radius 1 is 1.00 bits per heavy atom. The molecule has 4 aliphatic heterocycles. The topological polar surface area (TPSA) is 218 Å². The van der Waals surface area contributed by atoms with Gasteiger partial charge in [0.25, 0.3) is 11.8 Å². The zero-order valence-electron chi connectivity index (χ0n) is 37.6. The molecule has 2 aromatic carbocycles. The number of alkyl halides is 3. The number of rotatable bonds is 17. The number of hydrogen-bond donors (Lipinski definition) is 4. The van der Waals surface area contributed by atoms with Crippen LogP contribution in [-0.2, 0) is 40.2 Å². The third-order valence-electron chi connectivity index (χ3n) is 12.5. The van der Waals surface area contributed by atoms with Gasteiger partial charge in [0.2, 0.25) is 17.8 Å². The second-order valence-corrected chi connectivity index (χ2v) is 19.3. The smallest absolute Gasteiger partial charge is 0.389 e. The van der Waals surface area contributed by atoms with Crippen molar-refractivity contribution in [3.8, 4) is 11.3 Å². The molecule has 1 spiro atoms. The molecular formula is C45H49F4N13O6S. The fraction of sp³-hybridized carbons (Fsp3) is 0.444. The van der Waals surface area contributed by atoms with Crippen LogP contribution in [0, 0.1) is 11.2 Å². The van der Waals surface area contributed by atoms with Crippen molar-refractivity contribution >= 4 is 52.9 Å². The summed E-state index contributed by atoms with van der Waals surface area (Å²) in [6.07, 6.45) is 2.41. The summed E-state index contributed by atoms with van der Waals surface area (Å²) < 4.78 is 68.8. The van der Waals surface area contributed by atoms with Gasteiger partial charge in [-0.3, -0.25) is 43.5 Å². The molecule has 0 aliphatic carbocycles. The lowest BCUT2D eigenvalue weighted by molar-refractivity contribution is -0.138. The van der Waals surface area contributed by atoms with Crippen LogP contribution in [0.15, 0.2) is 66.1 Å². The maximum atomic E-state index is 15.2. The minimum Gasteiger partial charge on any atom is -0.389 e. The Labute approximate surface area is 397 Å². The van der Waals surface area contributed by atoms with E-state index >= 15 is 4.39 Å². The maximum Gasteiger partial charge on any atom is 0.419 e. The lowest BCUT2D eigenvalue weighted by Crippen LogP contribution is -2.61. The molecule has 0 saturated carbocycles. The number of likely N-dealkylation sites (tertiary alicyclic amines) is 1. The number of hydrogen-bond acceptors (Lipinski definition) is 16. The first kappa shape index (κ1) is 47.7. The van der Waals surface area contributed by atoms with Crippen molar-refractivity contribution in [2.45, 2.75) is 81.9 Å². The summed E-state index contributed by atoms with van der Waals surface area (Å²) in [5.41, 5.74) is -0.588. The number of fused-ring (bicyclic) bond motifs is 1. The van der Waals surface area contributed by atoms with E-state index in [4.69, 9.17) is 4.74 Å². The van der Waals surface area contributed by atoms with Crippen LogP contribution in [0.4, 0.5) is 34.9 Å². The minimum absolute atomic E-state index is 0.0388. The fourth-order valence-corrected chi connectivity index (χ4v) is 9.71. The Morgan fingerprint density at radius 3 is 2.54 bits per heavy atom. The molecule has 69 heavy (non-hydrogen) atoms. The van der Waals surface area contributed by atoms with Gasteiger partial charge in [0, 0.05) is 60.9 Å². The van der Waals surface area contributed by atoms with E-state index < -0.39 is 58.5 Å². The Morgan fingerprint density at radius 2 is 1.80 bits per heavy atom. The fourth-order valence-electron chi connectivity index (χ4n) is 9.06. The number of benzene rings is 2. The molecule has 4 N–H and O–H groups in total. The molecule has 19 nitrogen and oxygen atoms in total. The van der Waals surface area contributed by atoms with Gasteiger partial charge < -0.3 is 25.0 Å². The number of aliphatic hydroxyl groups is 1. The molecule has 3 fully saturated rings. The quantitative estimate of drug-likeness (QED) is 0.0439. The van der Waals surface area contributed by atoms with E-state index in [1.165, 1.54) is 41.2 Å². The van der Waals surface area contributed by atoms with Crippen LogP contribution in [0.1, 0.15) is 71.5 Å². The van der Waals surface area contributed by atoms with E-state index in [1.807, 2.05) is 12.3 Å². The van der Waals surface area contributed by atoms with E-state index in [0.717, 1.165) is 50.5 Å². The molecule has 24 heteroatoms. The van der Waals surface area contributed by atoms with Gasteiger partial charge in [-0.15, -0.1) is 5.10 Å². The van der Waals surface area contributed by atoms with Gasteiger partial charge in [0.15, 0.2) is 0 Å². The molecule has 1 atom stereocenters. The van der Waals surface area contributed by atoms with Gasteiger partial charge in [-0.05, 0) is 88.5 Å². The summed E-state index contributed by atoms with van der Waals surface area (Å²) in [4.78, 5) is 65.1. The summed E-state index contributed by atoms with van der Waals surface area (Å²) in [7, 11) is 0. The number of carbonyl (C=O) groups excluding carboxylic acids is 4. The van der Waals surface area contributed by atoms with Crippen molar-refractivity contribution in [1.82, 2.24) is 54.6 Å². The average Bonchev–Trinajstić information content (AvgIpc) is 4.01. The highest BCUT2D eigenvalue weighted by molar-refractivity contribution is 7.97. The highest BCUT2D eigenvalue weighted by atomic mass is 32.2. The Kier molecular flexibility index (Phi) is 13.3. The van der Waals surface area contributed by atoms with Crippen molar-refractivity contribution in [3.05, 3.63) is 89.4 Å². The second kappa shape index (κ2) is 19.2. The first-order valence-corrected chi connectivity index (χ1v) is 23.2. The van der Waals surface area contributed by atoms with Gasteiger partial charge in [0.05, 0.1) is 72.5 Å². The molecule has 3 aromatic heterocycles. The molecule has 9 rings (SSSR count). The van der Waals surface area contributed by atoms with Gasteiger partial charge in [-0.1, -0.05) is 11.3 Å². The lowest BCUT2D eigenvalue weighted by Gasteiger charge is -2.55. The van der Waals surface area contributed by atoms with E-state index in [9.17, 15) is 37.5 Å². The van der Waals surface area contributed by atoms with Crippen LogP contribution in [0.3, 0.4) is 0 Å². The number of imide groups is 2. The summed E-state index contributed by atoms with van der Waals surface area (Å²) in [6, 6.07) is 8.56. The van der Waals surface area contributed by atoms with Crippen LogP contribution >= 0.6 is 11.9 Å². The molecule has 4 amide bonds. The third-order valence-corrected chi connectivity index (χ3v) is 13.4. The molecule has 7 heterocycles. The summed E-state index contributed by atoms with van der Waals surface area (Å²) in [5, 5.41) is 27.5. The summed E-state index contributed by atoms with van der Waals surface area (Å²) in [5.74, 6) is -2.96. The maximum absolute atomic E-state index is 15.2. The van der Waals surface area contributed by atoms with Crippen molar-refractivity contribution in [2.75, 3.05) is 56.1 Å². The van der Waals surface area contributed by atoms with Crippen LogP contribution in [0.2, 0.25) is 0 Å². The summed E-state index contributed by atoms with van der Waals surface area (Å²) in [6.45, 7) is 8.93. The number of aromatic nitrogens is 7. The molecule has 364 valence electrons. The van der Waals surface area contributed by atoms with Crippen molar-refractivity contribution in [3.63, 3.8) is 0 Å². The number of ether oxygens (including phenoxy) is 1. The van der Waals surface area contributed by atoms with E-state index in [1.54, 1.807) is 36.7 Å². The van der Waals surface area contributed by atoms with E-state index in [-0.39, 0.29) is 54.2 Å². The zero-order chi connectivity index (χ0) is 48.7. The van der Waals surface area contributed by atoms with Crippen molar-refractivity contribution in [2.24, 2.45) is 5.41 Å². The van der Waals surface area contributed by atoms with Crippen LogP contribution in [-0.4, -0.2) is 131 Å². The number of amides is 4. The predicted molar refractivity (Wildman–Crippen MR) is 241 cm³/mol. The van der Waals surface area contributed by atoms with Crippen molar-refractivity contribution in [1.29, 1.82) is 0 Å². The van der Waals surface area contributed by atoms with Crippen LogP contribution in [0.25, 0.3) is 11.3 Å². The van der Waals surface area contributed by atoms with E-state index in [0.29, 0.717) is 47.7 Å². The second-order valence-electron chi connectivity index (χ2n) is 18.3. The monoisotopic (exact) mass is 975 g/mol. The largest absolute Gasteiger partial charge is 0.419 e. The highest BCUT2D eigenvalue weighted by Gasteiger charge is 2.50. The third kappa shape index (κ3) is 10.6. The first-order valence-electron chi connectivity index (χ1n) is 22.4. The molecule has 0 radical (unpaired) electrons. The molecule has 1 unspecified atom stereocenters. The molecule has 4 aliphatic rings. The van der Waals surface area contributed by atoms with Gasteiger partial charge in [0.1, 0.15) is 23.1 Å². The summed E-state index contributed by atoms with van der Waals surface area (Å²) >= 11 is 1.18. The molecule has 5 aromatic rings. The van der Waals surface area contributed by atoms with Crippen LogP contribution < -0.4 is 20.3 Å². The van der Waals surface area contributed by atoms with Gasteiger partial charge >= 0.3 is 6.18 Å². The Bertz CT molecular complexity index is 2760. The highest BCUT2D eigenvalue weighted by Crippen LogP contribution is 2.45. The number of halogens is 4. The van der Waals surface area contributed by atoms with Gasteiger partial charge in [-0.2, -0.15) is 18.3 Å². The Balaban J connectivity index is 0.677. The predicted octanol–water partition coefficient (Wildman–Crippen LogP) is 4.42. The standard InChI is InChI=1S/C45H49F4N13O6S/c1-43(2,67)24-61-21-27(19-51-61)38-31(45(47,48)49)20-50-42(55-38)53-33-7-6-29(18-32(33)46)69-52-12-17-68-23-28-22-60(57-56-28)16-15-58-13-10-44(11-14-58)25-59(26-44)34-5-3-4-30-37(34)41(66)62(40(30)65)35-8-9-36(63)54-39(35)64/h3-7,18-22,35,52,67H,8-17,23-26H2,1-2H3,(H,50,53,55)(H,54,63,64). The van der Waals surface area contributed by atoms with Crippen molar-refractivity contribution < 1.29 is 46.6 Å². The first-order chi connectivity index (χ1) is 32.9. The number of nitrogens with one attached hydrogen (secondary N) is 3. The normalized spacial score (nSPS) is 18.5.